The number of benzene rings is 1. The Kier molecular flexibility index (Phi) is 8.22. The highest BCUT2D eigenvalue weighted by Gasteiger charge is 2.11. The van der Waals surface area contributed by atoms with Crippen LogP contribution in [-0.4, -0.2) is 61.1 Å². The molecule has 21 heavy (non-hydrogen) atoms. The topological polar surface area (TPSA) is 68.0 Å². The Hall–Kier alpha value is -1.21. The van der Waals surface area contributed by atoms with Gasteiger partial charge in [-0.05, 0) is 26.1 Å². The van der Waals surface area contributed by atoms with Gasteiger partial charge in [-0.25, -0.2) is 0 Å². The maximum atomic E-state index is 10.00. The van der Waals surface area contributed by atoms with Gasteiger partial charge in [0.25, 0.3) is 0 Å². The Morgan fingerprint density at radius 3 is 2.81 bits per heavy atom. The first-order valence-electron chi connectivity index (χ1n) is 7.00. The molecule has 0 saturated carbocycles. The average Bonchev–Trinajstić information content (AvgIpc) is 2.45. The van der Waals surface area contributed by atoms with Gasteiger partial charge in [0.2, 0.25) is 0 Å². The molecule has 0 aliphatic rings. The number of rotatable bonds is 10. The van der Waals surface area contributed by atoms with Crippen molar-refractivity contribution >= 4 is 17.2 Å². The van der Waals surface area contributed by atoms with E-state index in [2.05, 4.69) is 0 Å². The van der Waals surface area contributed by atoms with E-state index in [1.54, 1.807) is 12.1 Å². The van der Waals surface area contributed by atoms with Crippen molar-refractivity contribution in [3.63, 3.8) is 0 Å². The number of thiocarbonyl (C=S) groups is 1. The minimum atomic E-state index is -0.587. The molecule has 0 saturated heterocycles. The summed E-state index contributed by atoms with van der Waals surface area (Å²) in [5.41, 5.74) is 6.32. The summed E-state index contributed by atoms with van der Waals surface area (Å²) in [5.74, 6) is 0.598. The van der Waals surface area contributed by atoms with Crippen LogP contribution in [0.1, 0.15) is 12.5 Å². The lowest BCUT2D eigenvalue weighted by atomic mass is 10.2. The fourth-order valence-electron chi connectivity index (χ4n) is 1.85. The van der Waals surface area contributed by atoms with Crippen molar-refractivity contribution in [3.8, 4) is 5.75 Å². The van der Waals surface area contributed by atoms with E-state index in [4.69, 9.17) is 27.4 Å². The van der Waals surface area contributed by atoms with Crippen molar-refractivity contribution in [2.45, 2.75) is 13.0 Å². The number of hydrogen-bond donors (Lipinski definition) is 2. The molecule has 118 valence electrons. The summed E-state index contributed by atoms with van der Waals surface area (Å²) in [4.78, 5) is 2.29. The zero-order valence-electron chi connectivity index (χ0n) is 12.6. The molecule has 0 fully saturated rings. The molecule has 6 heteroatoms. The maximum absolute atomic E-state index is 10.00. The number of aliphatic hydroxyl groups excluding tert-OH is 1. The van der Waals surface area contributed by atoms with Gasteiger partial charge in [-0.2, -0.15) is 0 Å². The van der Waals surface area contributed by atoms with Crippen LogP contribution in [0.3, 0.4) is 0 Å². The van der Waals surface area contributed by atoms with Gasteiger partial charge in [-0.3, -0.25) is 0 Å². The van der Waals surface area contributed by atoms with Crippen LogP contribution in [0, 0.1) is 0 Å². The van der Waals surface area contributed by atoms with E-state index in [9.17, 15) is 5.11 Å². The van der Waals surface area contributed by atoms with E-state index < -0.39 is 6.10 Å². The minimum absolute atomic E-state index is 0.193. The standard InChI is InChI=1S/C15H24N2O3S/c1-3-19-9-8-17(2)10-12(18)11-20-14-7-5-4-6-13(14)15(16)21/h4-7,12,18H,3,8-11H2,1-2H3,(H2,16,21). The largest absolute Gasteiger partial charge is 0.490 e. The van der Waals surface area contributed by atoms with Crippen LogP contribution in [0.2, 0.25) is 0 Å². The summed E-state index contributed by atoms with van der Waals surface area (Å²) in [5, 5.41) is 10.00. The van der Waals surface area contributed by atoms with Gasteiger partial charge < -0.3 is 25.2 Å². The van der Waals surface area contributed by atoms with Crippen LogP contribution in [0.5, 0.6) is 5.75 Å². The molecule has 0 aliphatic heterocycles. The van der Waals surface area contributed by atoms with Gasteiger partial charge in [0.15, 0.2) is 0 Å². The van der Waals surface area contributed by atoms with Gasteiger partial charge in [-0.1, -0.05) is 24.4 Å². The maximum Gasteiger partial charge on any atom is 0.129 e. The quantitative estimate of drug-likeness (QED) is 0.497. The second kappa shape index (κ2) is 9.68. The highest BCUT2D eigenvalue weighted by atomic mass is 32.1. The van der Waals surface area contributed by atoms with E-state index >= 15 is 0 Å². The SMILES string of the molecule is CCOCCN(C)CC(O)COc1ccccc1C(N)=S. The molecule has 1 aromatic carbocycles. The van der Waals surface area contributed by atoms with Gasteiger partial charge >= 0.3 is 0 Å². The van der Waals surface area contributed by atoms with Crippen LogP contribution < -0.4 is 10.5 Å². The highest BCUT2D eigenvalue weighted by molar-refractivity contribution is 7.80. The molecule has 0 amide bonds. The molecule has 1 rings (SSSR count). The Morgan fingerprint density at radius 2 is 2.14 bits per heavy atom. The normalized spacial score (nSPS) is 12.4. The predicted molar refractivity (Wildman–Crippen MR) is 87.8 cm³/mol. The molecule has 1 aromatic rings. The molecule has 0 aromatic heterocycles. The second-order valence-corrected chi connectivity index (χ2v) is 5.22. The van der Waals surface area contributed by atoms with Gasteiger partial charge in [0, 0.05) is 19.7 Å². The third-order valence-electron chi connectivity index (χ3n) is 2.93. The fourth-order valence-corrected chi connectivity index (χ4v) is 2.02. The van der Waals surface area contributed by atoms with Gasteiger partial charge in [0.1, 0.15) is 23.4 Å². The molecular weight excluding hydrogens is 288 g/mol. The van der Waals surface area contributed by atoms with Crippen molar-refractivity contribution < 1.29 is 14.6 Å². The Labute approximate surface area is 131 Å². The van der Waals surface area contributed by atoms with E-state index in [1.165, 1.54) is 0 Å². The molecule has 1 unspecified atom stereocenters. The van der Waals surface area contributed by atoms with E-state index in [1.807, 2.05) is 31.0 Å². The summed E-state index contributed by atoms with van der Waals surface area (Å²) in [6.07, 6.45) is -0.587. The van der Waals surface area contributed by atoms with Gasteiger partial charge in [0.05, 0.1) is 12.2 Å². The van der Waals surface area contributed by atoms with Crippen LogP contribution in [0.25, 0.3) is 0 Å². The summed E-state index contributed by atoms with van der Waals surface area (Å²) < 4.78 is 10.9. The molecule has 0 aliphatic carbocycles. The number of aliphatic hydroxyl groups is 1. The van der Waals surface area contributed by atoms with E-state index in [0.29, 0.717) is 31.1 Å². The zero-order chi connectivity index (χ0) is 15.7. The Balaban J connectivity index is 2.39. The Morgan fingerprint density at radius 1 is 1.43 bits per heavy atom. The van der Waals surface area contributed by atoms with Crippen LogP contribution in [0.15, 0.2) is 24.3 Å². The summed E-state index contributed by atoms with van der Waals surface area (Å²) in [6, 6.07) is 7.29. The zero-order valence-corrected chi connectivity index (χ0v) is 13.4. The lowest BCUT2D eigenvalue weighted by molar-refractivity contribution is 0.0613. The van der Waals surface area contributed by atoms with Crippen LogP contribution in [-0.2, 0) is 4.74 Å². The molecular formula is C15H24N2O3S. The summed E-state index contributed by atoms with van der Waals surface area (Å²) in [7, 11) is 1.94. The predicted octanol–water partition coefficient (Wildman–Crippen LogP) is 1.03. The molecule has 0 heterocycles. The third kappa shape index (κ3) is 6.86. The second-order valence-electron chi connectivity index (χ2n) is 4.78. The lowest BCUT2D eigenvalue weighted by Gasteiger charge is -2.21. The first kappa shape index (κ1) is 17.8. The number of likely N-dealkylation sites (N-methyl/N-ethyl adjacent to an activating group) is 1. The first-order valence-corrected chi connectivity index (χ1v) is 7.41. The molecule has 0 spiro atoms. The number of hydrogen-bond acceptors (Lipinski definition) is 5. The van der Waals surface area contributed by atoms with Gasteiger partial charge in [-0.15, -0.1) is 0 Å². The number of para-hydroxylation sites is 1. The average molecular weight is 312 g/mol. The lowest BCUT2D eigenvalue weighted by Crippen LogP contribution is -2.35. The molecule has 3 N–H and O–H groups in total. The summed E-state index contributed by atoms with van der Waals surface area (Å²) in [6.45, 7) is 4.80. The number of nitrogens with two attached hydrogens (primary N) is 1. The number of nitrogens with zero attached hydrogens (tertiary/aromatic N) is 1. The highest BCUT2D eigenvalue weighted by Crippen LogP contribution is 2.17. The van der Waals surface area contributed by atoms with E-state index in [0.717, 1.165) is 6.54 Å². The van der Waals surface area contributed by atoms with Crippen molar-refractivity contribution in [3.05, 3.63) is 29.8 Å². The minimum Gasteiger partial charge on any atom is -0.490 e. The smallest absolute Gasteiger partial charge is 0.129 e. The third-order valence-corrected chi connectivity index (χ3v) is 3.15. The first-order chi connectivity index (χ1) is 10.0. The van der Waals surface area contributed by atoms with Crippen molar-refractivity contribution in [1.29, 1.82) is 0 Å². The van der Waals surface area contributed by atoms with Crippen molar-refractivity contribution in [2.24, 2.45) is 5.73 Å². The summed E-state index contributed by atoms with van der Waals surface area (Å²) >= 11 is 4.97. The van der Waals surface area contributed by atoms with Crippen LogP contribution in [0.4, 0.5) is 0 Å². The van der Waals surface area contributed by atoms with Crippen molar-refractivity contribution in [1.82, 2.24) is 4.90 Å². The Bertz CT molecular complexity index is 443. The fraction of sp³-hybridized carbons (Fsp3) is 0.533. The van der Waals surface area contributed by atoms with Crippen molar-refractivity contribution in [2.75, 3.05) is 40.0 Å². The molecule has 0 radical (unpaired) electrons. The molecule has 1 atom stereocenters. The van der Waals surface area contributed by atoms with Crippen LogP contribution >= 0.6 is 12.2 Å². The van der Waals surface area contributed by atoms with E-state index in [-0.39, 0.29) is 11.6 Å². The monoisotopic (exact) mass is 312 g/mol. The number of ether oxygens (including phenoxy) is 2. The molecule has 0 bridgehead atoms. The molecule has 5 nitrogen and oxygen atoms in total.